The van der Waals surface area contributed by atoms with E-state index in [0.29, 0.717) is 6.61 Å². The Morgan fingerprint density at radius 1 is 1.13 bits per heavy atom. The van der Waals surface area contributed by atoms with Crippen LogP contribution in [-0.2, 0) is 33.8 Å². The molecule has 0 aliphatic heterocycles. The SMILES string of the molecule is CCOC(C)OC(=O)OOC(=O)C(C)=COOC(C)(C)C(C)C. The van der Waals surface area contributed by atoms with Crippen molar-refractivity contribution in [1.82, 2.24) is 0 Å². The molecule has 0 rings (SSSR count). The maximum atomic E-state index is 11.6. The Balaban J connectivity index is 4.20. The van der Waals surface area contributed by atoms with Crippen molar-refractivity contribution in [2.24, 2.45) is 5.92 Å². The number of hydrogen-bond donors (Lipinski definition) is 0. The van der Waals surface area contributed by atoms with E-state index < -0.39 is 24.0 Å². The van der Waals surface area contributed by atoms with Gasteiger partial charge in [0.1, 0.15) is 11.9 Å². The summed E-state index contributed by atoms with van der Waals surface area (Å²) < 4.78 is 9.60. The molecule has 8 nitrogen and oxygen atoms in total. The van der Waals surface area contributed by atoms with Gasteiger partial charge in [0.05, 0.1) is 5.57 Å². The standard InChI is InChI=1S/C15H26O8/c1-8-18-12(5)20-14(17)22-21-13(16)11(4)9-19-23-15(6,7)10(2)3/h9-10,12H,8H2,1-7H3. The van der Waals surface area contributed by atoms with Crippen molar-refractivity contribution in [1.29, 1.82) is 0 Å². The van der Waals surface area contributed by atoms with Gasteiger partial charge in [0.15, 0.2) is 0 Å². The fourth-order valence-corrected chi connectivity index (χ4v) is 0.926. The number of hydrogen-bond acceptors (Lipinski definition) is 8. The van der Waals surface area contributed by atoms with Gasteiger partial charge in [-0.05, 0) is 40.5 Å². The molecule has 0 saturated heterocycles. The predicted octanol–water partition coefficient (Wildman–Crippen LogP) is 3.27. The van der Waals surface area contributed by atoms with Gasteiger partial charge in [0, 0.05) is 6.61 Å². The number of carbonyl (C=O) groups is 2. The summed E-state index contributed by atoms with van der Waals surface area (Å²) in [5, 5.41) is 0. The van der Waals surface area contributed by atoms with E-state index in [1.807, 2.05) is 27.7 Å². The largest absolute Gasteiger partial charge is 0.552 e. The molecule has 0 amide bonds. The highest BCUT2D eigenvalue weighted by atomic mass is 17.2. The Morgan fingerprint density at radius 2 is 1.74 bits per heavy atom. The van der Waals surface area contributed by atoms with Gasteiger partial charge < -0.3 is 14.4 Å². The van der Waals surface area contributed by atoms with E-state index >= 15 is 0 Å². The van der Waals surface area contributed by atoms with Crippen molar-refractivity contribution in [3.63, 3.8) is 0 Å². The molecule has 0 saturated carbocycles. The van der Waals surface area contributed by atoms with Crippen molar-refractivity contribution in [2.75, 3.05) is 6.61 Å². The molecule has 0 N–H and O–H groups in total. The molecule has 0 bridgehead atoms. The van der Waals surface area contributed by atoms with E-state index in [9.17, 15) is 9.59 Å². The fraction of sp³-hybridized carbons (Fsp3) is 0.733. The van der Waals surface area contributed by atoms with Crippen molar-refractivity contribution >= 4 is 12.1 Å². The van der Waals surface area contributed by atoms with Crippen LogP contribution in [0.15, 0.2) is 11.8 Å². The van der Waals surface area contributed by atoms with Crippen LogP contribution in [0, 0.1) is 5.92 Å². The van der Waals surface area contributed by atoms with E-state index in [1.54, 1.807) is 6.92 Å². The first-order valence-electron chi connectivity index (χ1n) is 7.32. The summed E-state index contributed by atoms with van der Waals surface area (Å²) in [5.74, 6) is -0.717. The average Bonchev–Trinajstić information content (AvgIpc) is 2.44. The van der Waals surface area contributed by atoms with E-state index in [2.05, 4.69) is 14.5 Å². The molecule has 8 heteroatoms. The lowest BCUT2D eigenvalue weighted by Crippen LogP contribution is -2.30. The highest BCUT2D eigenvalue weighted by Crippen LogP contribution is 2.20. The Morgan fingerprint density at radius 3 is 2.26 bits per heavy atom. The zero-order chi connectivity index (χ0) is 18.0. The maximum absolute atomic E-state index is 11.6. The molecule has 1 atom stereocenters. The molecule has 0 aromatic heterocycles. The quantitative estimate of drug-likeness (QED) is 0.167. The summed E-state index contributed by atoms with van der Waals surface area (Å²) in [6.07, 6.45) is -0.938. The zero-order valence-electron chi connectivity index (χ0n) is 14.7. The Hall–Kier alpha value is -1.80. The van der Waals surface area contributed by atoms with Crippen LogP contribution in [0.3, 0.4) is 0 Å². The smallest absolute Gasteiger partial charge is 0.402 e. The van der Waals surface area contributed by atoms with Crippen LogP contribution in [0.25, 0.3) is 0 Å². The molecule has 1 unspecified atom stereocenters. The molecular weight excluding hydrogens is 308 g/mol. The van der Waals surface area contributed by atoms with E-state index in [4.69, 9.17) is 14.5 Å². The van der Waals surface area contributed by atoms with Gasteiger partial charge in [-0.2, -0.15) is 9.68 Å². The summed E-state index contributed by atoms with van der Waals surface area (Å²) in [5.41, 5.74) is -0.494. The van der Waals surface area contributed by atoms with E-state index in [1.165, 1.54) is 13.8 Å². The number of rotatable bonds is 8. The molecule has 0 spiro atoms. The topological polar surface area (TPSA) is 89.5 Å². The molecule has 0 aromatic carbocycles. The number of carbonyl (C=O) groups excluding carboxylic acids is 2. The Bertz CT molecular complexity index is 414. The zero-order valence-corrected chi connectivity index (χ0v) is 14.7. The second-order valence-electron chi connectivity index (χ2n) is 5.58. The number of ether oxygens (including phenoxy) is 2. The maximum Gasteiger partial charge on any atom is 0.552 e. The minimum Gasteiger partial charge on any atom is -0.402 e. The molecule has 23 heavy (non-hydrogen) atoms. The lowest BCUT2D eigenvalue weighted by atomic mass is 9.95. The molecule has 0 aromatic rings. The summed E-state index contributed by atoms with van der Waals surface area (Å²) in [6, 6.07) is 0. The molecule has 134 valence electrons. The Labute approximate surface area is 136 Å². The van der Waals surface area contributed by atoms with E-state index in [0.717, 1.165) is 6.26 Å². The molecule has 0 fully saturated rings. The molecule has 0 radical (unpaired) electrons. The van der Waals surface area contributed by atoms with Crippen LogP contribution < -0.4 is 0 Å². The van der Waals surface area contributed by atoms with Crippen LogP contribution >= 0.6 is 0 Å². The van der Waals surface area contributed by atoms with Gasteiger partial charge in [-0.1, -0.05) is 13.8 Å². The van der Waals surface area contributed by atoms with Crippen molar-refractivity contribution in [3.05, 3.63) is 11.8 Å². The van der Waals surface area contributed by atoms with Crippen LogP contribution in [0.4, 0.5) is 4.79 Å². The van der Waals surface area contributed by atoms with Gasteiger partial charge in [-0.3, -0.25) is 0 Å². The molecule has 0 aliphatic rings. The lowest BCUT2D eigenvalue weighted by Gasteiger charge is -2.26. The highest BCUT2D eigenvalue weighted by molar-refractivity contribution is 5.87. The van der Waals surface area contributed by atoms with Crippen molar-refractivity contribution < 1.29 is 38.6 Å². The van der Waals surface area contributed by atoms with Crippen LogP contribution in [0.2, 0.25) is 0 Å². The second kappa shape index (κ2) is 10.1. The Kier molecular flexibility index (Phi) is 9.28. The first kappa shape index (κ1) is 21.2. The van der Waals surface area contributed by atoms with Gasteiger partial charge in [-0.25, -0.2) is 14.6 Å². The van der Waals surface area contributed by atoms with Crippen LogP contribution in [0.5, 0.6) is 0 Å². The third-order valence-electron chi connectivity index (χ3n) is 3.05. The summed E-state index contributed by atoms with van der Waals surface area (Å²) in [6.45, 7) is 12.6. The lowest BCUT2D eigenvalue weighted by molar-refractivity contribution is -0.327. The van der Waals surface area contributed by atoms with Crippen molar-refractivity contribution in [3.8, 4) is 0 Å². The third-order valence-corrected chi connectivity index (χ3v) is 3.05. The van der Waals surface area contributed by atoms with Gasteiger partial charge in [0.25, 0.3) is 0 Å². The normalized spacial score (nSPS) is 13.5. The fourth-order valence-electron chi connectivity index (χ4n) is 0.926. The average molecular weight is 334 g/mol. The first-order valence-corrected chi connectivity index (χ1v) is 7.32. The van der Waals surface area contributed by atoms with E-state index in [-0.39, 0.29) is 11.5 Å². The van der Waals surface area contributed by atoms with Crippen LogP contribution in [0.1, 0.15) is 48.5 Å². The minimum absolute atomic E-state index is 0.0372. The van der Waals surface area contributed by atoms with Gasteiger partial charge in [-0.15, -0.1) is 0 Å². The third kappa shape index (κ3) is 9.04. The summed E-state index contributed by atoms with van der Waals surface area (Å²) in [7, 11) is 0. The monoisotopic (exact) mass is 334 g/mol. The van der Waals surface area contributed by atoms with Gasteiger partial charge in [0.2, 0.25) is 6.29 Å². The molecule has 0 heterocycles. The molecular formula is C15H26O8. The predicted molar refractivity (Wildman–Crippen MR) is 79.6 cm³/mol. The van der Waals surface area contributed by atoms with Crippen LogP contribution in [-0.4, -0.2) is 30.6 Å². The van der Waals surface area contributed by atoms with Crippen molar-refractivity contribution in [2.45, 2.75) is 60.4 Å². The first-order chi connectivity index (χ1) is 10.6. The minimum atomic E-state index is -1.19. The highest BCUT2D eigenvalue weighted by Gasteiger charge is 2.25. The second-order valence-corrected chi connectivity index (χ2v) is 5.58. The van der Waals surface area contributed by atoms with Gasteiger partial charge >= 0.3 is 12.1 Å². The summed E-state index contributed by atoms with van der Waals surface area (Å²) in [4.78, 5) is 41.3. The summed E-state index contributed by atoms with van der Waals surface area (Å²) >= 11 is 0. The molecule has 0 aliphatic carbocycles.